The number of nitrogens with zero attached hydrogens (tertiary/aromatic N) is 1. The van der Waals surface area contributed by atoms with Crippen LogP contribution in [0.4, 0.5) is 13.2 Å². The molecule has 0 bridgehead atoms. The van der Waals surface area contributed by atoms with Gasteiger partial charge in [0, 0.05) is 12.6 Å². The lowest BCUT2D eigenvalue weighted by atomic mass is 9.99. The molecule has 0 saturated heterocycles. The van der Waals surface area contributed by atoms with E-state index in [-0.39, 0.29) is 24.5 Å². The topological polar surface area (TPSA) is 88.5 Å². The molecule has 144 valence electrons. The van der Waals surface area contributed by atoms with Crippen molar-refractivity contribution in [3.05, 3.63) is 59.8 Å². The molecule has 0 radical (unpaired) electrons. The zero-order valence-corrected chi connectivity index (χ0v) is 14.1. The fourth-order valence-electron chi connectivity index (χ4n) is 2.23. The molecule has 27 heavy (non-hydrogen) atoms. The summed E-state index contributed by atoms with van der Waals surface area (Å²) in [6, 6.07) is 12.7. The number of carboxylic acid groups (broad SMARTS) is 1. The van der Waals surface area contributed by atoms with Gasteiger partial charge in [0.1, 0.15) is 5.69 Å². The van der Waals surface area contributed by atoms with Crippen LogP contribution in [0.2, 0.25) is 0 Å². The van der Waals surface area contributed by atoms with Crippen LogP contribution in [0.5, 0.6) is 5.88 Å². The van der Waals surface area contributed by atoms with E-state index in [0.717, 1.165) is 5.56 Å². The van der Waals surface area contributed by atoms with Gasteiger partial charge in [0.25, 0.3) is 5.91 Å². The molecule has 1 aromatic heterocycles. The molecule has 2 N–H and O–H groups in total. The van der Waals surface area contributed by atoms with Crippen LogP contribution in [0.1, 0.15) is 16.1 Å². The third kappa shape index (κ3) is 6.96. The van der Waals surface area contributed by atoms with Gasteiger partial charge in [-0.25, -0.2) is 4.98 Å². The SMILES string of the molecule is O=C(NCC(Cc1ccccc1)C(=O)O)c1cccc(OCC(F)(F)F)n1. The summed E-state index contributed by atoms with van der Waals surface area (Å²) < 4.78 is 41.0. The average molecular weight is 382 g/mol. The lowest BCUT2D eigenvalue weighted by Crippen LogP contribution is -2.34. The number of halogens is 3. The Labute approximate surface area is 153 Å². The van der Waals surface area contributed by atoms with Crippen LogP contribution in [0, 0.1) is 5.92 Å². The summed E-state index contributed by atoms with van der Waals surface area (Å²) in [5, 5.41) is 11.8. The van der Waals surface area contributed by atoms with E-state index < -0.39 is 30.6 Å². The van der Waals surface area contributed by atoms with Crippen molar-refractivity contribution in [3.63, 3.8) is 0 Å². The van der Waals surface area contributed by atoms with Gasteiger partial charge >= 0.3 is 12.1 Å². The van der Waals surface area contributed by atoms with Gasteiger partial charge in [0.15, 0.2) is 6.61 Å². The third-order valence-corrected chi connectivity index (χ3v) is 3.52. The molecule has 0 aliphatic heterocycles. The molecule has 0 saturated carbocycles. The van der Waals surface area contributed by atoms with Crippen LogP contribution in [0.25, 0.3) is 0 Å². The molecule has 1 atom stereocenters. The molecule has 6 nitrogen and oxygen atoms in total. The van der Waals surface area contributed by atoms with E-state index >= 15 is 0 Å². The van der Waals surface area contributed by atoms with E-state index in [0.29, 0.717) is 0 Å². The van der Waals surface area contributed by atoms with E-state index in [9.17, 15) is 27.9 Å². The smallest absolute Gasteiger partial charge is 0.422 e. The van der Waals surface area contributed by atoms with Crippen molar-refractivity contribution in [3.8, 4) is 5.88 Å². The minimum absolute atomic E-state index is 0.154. The fourth-order valence-corrected chi connectivity index (χ4v) is 2.23. The van der Waals surface area contributed by atoms with E-state index in [4.69, 9.17) is 0 Å². The van der Waals surface area contributed by atoms with Crippen LogP contribution in [-0.4, -0.2) is 41.3 Å². The highest BCUT2D eigenvalue weighted by molar-refractivity contribution is 5.92. The molecule has 1 amide bonds. The zero-order chi connectivity index (χ0) is 19.9. The normalized spacial score (nSPS) is 12.3. The number of rotatable bonds is 8. The molecule has 0 aliphatic rings. The predicted octanol–water partition coefficient (Wildman–Crippen LogP) is 2.70. The van der Waals surface area contributed by atoms with Crippen molar-refractivity contribution >= 4 is 11.9 Å². The van der Waals surface area contributed by atoms with Gasteiger partial charge in [-0.1, -0.05) is 36.4 Å². The fraction of sp³-hybridized carbons (Fsp3) is 0.278. The van der Waals surface area contributed by atoms with Crippen molar-refractivity contribution < 1.29 is 32.6 Å². The Bertz CT molecular complexity index is 782. The summed E-state index contributed by atoms with van der Waals surface area (Å²) in [5.41, 5.74) is 0.637. The van der Waals surface area contributed by atoms with Gasteiger partial charge in [-0.2, -0.15) is 13.2 Å². The van der Waals surface area contributed by atoms with Gasteiger partial charge in [-0.15, -0.1) is 0 Å². The van der Waals surface area contributed by atoms with Gasteiger partial charge in [0.2, 0.25) is 5.88 Å². The number of carbonyl (C=O) groups is 2. The summed E-state index contributed by atoms with van der Waals surface area (Å²) in [6.45, 7) is -1.68. The zero-order valence-electron chi connectivity index (χ0n) is 14.1. The molecular weight excluding hydrogens is 365 g/mol. The minimum Gasteiger partial charge on any atom is -0.481 e. The number of carbonyl (C=O) groups excluding carboxylic acids is 1. The number of nitrogens with one attached hydrogen (secondary N) is 1. The van der Waals surface area contributed by atoms with E-state index in [1.165, 1.54) is 18.2 Å². The Kier molecular flexibility index (Phi) is 6.75. The Balaban J connectivity index is 1.96. The number of aliphatic carboxylic acids is 1. The Morgan fingerprint density at radius 1 is 1.11 bits per heavy atom. The molecule has 2 rings (SSSR count). The van der Waals surface area contributed by atoms with E-state index in [1.807, 2.05) is 0 Å². The van der Waals surface area contributed by atoms with Crippen LogP contribution in [0.15, 0.2) is 48.5 Å². The summed E-state index contributed by atoms with van der Waals surface area (Å²) in [7, 11) is 0. The number of aromatic nitrogens is 1. The largest absolute Gasteiger partial charge is 0.481 e. The first-order valence-corrected chi connectivity index (χ1v) is 7.96. The quantitative estimate of drug-likeness (QED) is 0.733. The van der Waals surface area contributed by atoms with Gasteiger partial charge < -0.3 is 15.2 Å². The van der Waals surface area contributed by atoms with Crippen molar-refractivity contribution in [2.75, 3.05) is 13.2 Å². The number of ether oxygens (including phenoxy) is 1. The van der Waals surface area contributed by atoms with E-state index in [2.05, 4.69) is 15.0 Å². The molecule has 1 unspecified atom stereocenters. The lowest BCUT2D eigenvalue weighted by molar-refractivity contribution is -0.154. The first-order chi connectivity index (χ1) is 12.7. The number of alkyl halides is 3. The van der Waals surface area contributed by atoms with Gasteiger partial charge in [0.05, 0.1) is 5.92 Å². The van der Waals surface area contributed by atoms with Gasteiger partial charge in [-0.05, 0) is 18.1 Å². The second-order valence-corrected chi connectivity index (χ2v) is 5.70. The van der Waals surface area contributed by atoms with Crippen LogP contribution >= 0.6 is 0 Å². The highest BCUT2D eigenvalue weighted by Gasteiger charge is 2.28. The van der Waals surface area contributed by atoms with Gasteiger partial charge in [-0.3, -0.25) is 9.59 Å². The number of hydrogen-bond donors (Lipinski definition) is 2. The molecule has 1 heterocycles. The summed E-state index contributed by atoms with van der Waals surface area (Å²) in [6.07, 6.45) is -4.30. The summed E-state index contributed by atoms with van der Waals surface area (Å²) >= 11 is 0. The minimum atomic E-state index is -4.52. The monoisotopic (exact) mass is 382 g/mol. The Morgan fingerprint density at radius 3 is 2.44 bits per heavy atom. The van der Waals surface area contributed by atoms with Crippen molar-refractivity contribution in [1.82, 2.24) is 10.3 Å². The Hall–Kier alpha value is -3.10. The molecular formula is C18H17F3N2O4. The standard InChI is InChI=1S/C18H17F3N2O4/c19-18(20,21)11-27-15-8-4-7-14(23-15)16(24)22-10-13(17(25)26)9-12-5-2-1-3-6-12/h1-8,13H,9-11H2,(H,22,24)(H,25,26). The van der Waals surface area contributed by atoms with Crippen LogP contribution in [-0.2, 0) is 11.2 Å². The second-order valence-electron chi connectivity index (χ2n) is 5.70. The van der Waals surface area contributed by atoms with Crippen LogP contribution < -0.4 is 10.1 Å². The lowest BCUT2D eigenvalue weighted by Gasteiger charge is -2.14. The molecule has 2 aromatic rings. The molecule has 1 aromatic carbocycles. The van der Waals surface area contributed by atoms with Crippen molar-refractivity contribution in [1.29, 1.82) is 0 Å². The number of amides is 1. The highest BCUT2D eigenvalue weighted by Crippen LogP contribution is 2.17. The highest BCUT2D eigenvalue weighted by atomic mass is 19.4. The maximum Gasteiger partial charge on any atom is 0.422 e. The van der Waals surface area contributed by atoms with Crippen LogP contribution in [0.3, 0.4) is 0 Å². The summed E-state index contributed by atoms with van der Waals surface area (Å²) in [4.78, 5) is 27.2. The molecule has 9 heteroatoms. The molecule has 0 spiro atoms. The van der Waals surface area contributed by atoms with Crippen molar-refractivity contribution in [2.24, 2.45) is 5.92 Å². The third-order valence-electron chi connectivity index (χ3n) is 3.52. The van der Waals surface area contributed by atoms with Crippen molar-refractivity contribution in [2.45, 2.75) is 12.6 Å². The first-order valence-electron chi connectivity index (χ1n) is 7.96. The number of benzene rings is 1. The van der Waals surface area contributed by atoms with E-state index in [1.54, 1.807) is 30.3 Å². The predicted molar refractivity (Wildman–Crippen MR) is 89.4 cm³/mol. The summed E-state index contributed by atoms with van der Waals surface area (Å²) in [5.74, 6) is -2.98. The maximum atomic E-state index is 12.2. The Morgan fingerprint density at radius 2 is 1.81 bits per heavy atom. The first kappa shape index (κ1) is 20.2. The number of carboxylic acids is 1. The second kappa shape index (κ2) is 9.02. The number of hydrogen-bond acceptors (Lipinski definition) is 4. The number of pyridine rings is 1. The average Bonchev–Trinajstić information content (AvgIpc) is 2.63. The molecule has 0 fully saturated rings. The molecule has 0 aliphatic carbocycles. The maximum absolute atomic E-state index is 12.2.